The van der Waals surface area contributed by atoms with Crippen LogP contribution >= 0.6 is 23.2 Å². The molecule has 0 radical (unpaired) electrons. The van der Waals surface area contributed by atoms with Crippen molar-refractivity contribution >= 4 is 35.3 Å². The molecule has 1 aromatic carbocycles. The van der Waals surface area contributed by atoms with Crippen molar-refractivity contribution in [3.05, 3.63) is 40.1 Å². The van der Waals surface area contributed by atoms with Crippen LogP contribution in [-0.2, 0) is 11.2 Å². The van der Waals surface area contributed by atoms with Crippen LogP contribution in [0.2, 0.25) is 10.0 Å². The minimum Gasteiger partial charge on any atom is -0.303 e. The van der Waals surface area contributed by atoms with E-state index in [0.29, 0.717) is 39.9 Å². The molecule has 8 heteroatoms. The van der Waals surface area contributed by atoms with Crippen molar-refractivity contribution in [1.29, 1.82) is 0 Å². The normalized spacial score (nSPS) is 17.7. The molecule has 4 nitrogen and oxygen atoms in total. The number of amides is 1. The lowest BCUT2D eigenvalue weighted by Gasteiger charge is -2.32. The number of anilines is 1. The Hall–Kier alpha value is -1.66. The number of rotatable bonds is 3. The molecule has 1 unspecified atom stereocenters. The molecule has 1 amide bonds. The van der Waals surface area contributed by atoms with Crippen LogP contribution in [0, 0.1) is 0 Å². The van der Waals surface area contributed by atoms with E-state index in [0.717, 1.165) is 4.90 Å². The lowest BCUT2D eigenvalue weighted by atomic mass is 10.0. The van der Waals surface area contributed by atoms with E-state index in [4.69, 9.17) is 23.2 Å². The molecule has 0 bridgehead atoms. The minimum absolute atomic E-state index is 0.167. The topological polar surface area (TPSA) is 38.1 Å². The summed E-state index contributed by atoms with van der Waals surface area (Å²) in [7, 11) is 0. The molecule has 3 rings (SSSR count). The standard InChI is InChI=1S/C14H11Cl2F2N3O/c15-8-1-2-10(9(16)5-8)21-11-3-4-12(14(17)18)20(7-22)13(11)6-19-21/h1-2,5-7,12,14H,3-4H2. The van der Waals surface area contributed by atoms with Gasteiger partial charge in [-0.15, -0.1) is 0 Å². The number of aromatic nitrogens is 2. The van der Waals surface area contributed by atoms with Crippen LogP contribution in [0.3, 0.4) is 0 Å². The predicted molar refractivity (Wildman–Crippen MR) is 80.2 cm³/mol. The molecule has 1 aliphatic heterocycles. The number of fused-ring (bicyclic) bond motifs is 1. The Kier molecular flexibility index (Phi) is 4.06. The van der Waals surface area contributed by atoms with Crippen molar-refractivity contribution in [1.82, 2.24) is 9.78 Å². The zero-order valence-electron chi connectivity index (χ0n) is 11.2. The average molecular weight is 346 g/mol. The quantitative estimate of drug-likeness (QED) is 0.795. The van der Waals surface area contributed by atoms with Crippen molar-refractivity contribution in [2.45, 2.75) is 25.3 Å². The summed E-state index contributed by atoms with van der Waals surface area (Å²) in [6.45, 7) is 0. The first-order chi connectivity index (χ1) is 10.5. The molecule has 2 heterocycles. The summed E-state index contributed by atoms with van der Waals surface area (Å²) in [6, 6.07) is 3.82. The van der Waals surface area contributed by atoms with Gasteiger partial charge in [0.15, 0.2) is 0 Å². The molecule has 2 aromatic rings. The first kappa shape index (κ1) is 15.2. The third kappa shape index (κ3) is 2.46. The predicted octanol–water partition coefficient (Wildman–Crippen LogP) is 3.72. The van der Waals surface area contributed by atoms with Crippen molar-refractivity contribution in [2.75, 3.05) is 4.90 Å². The van der Waals surface area contributed by atoms with E-state index in [-0.39, 0.29) is 6.42 Å². The first-order valence-corrected chi connectivity index (χ1v) is 7.32. The summed E-state index contributed by atoms with van der Waals surface area (Å²) in [6.07, 6.45) is -0.220. The van der Waals surface area contributed by atoms with Gasteiger partial charge in [0.2, 0.25) is 6.41 Å². The SMILES string of the molecule is O=CN1c2cnn(-c3ccc(Cl)cc3Cl)c2CCC1C(F)F. The van der Waals surface area contributed by atoms with Crippen molar-refractivity contribution in [2.24, 2.45) is 0 Å². The number of benzene rings is 1. The van der Waals surface area contributed by atoms with Gasteiger partial charge in [0.25, 0.3) is 6.43 Å². The van der Waals surface area contributed by atoms with Gasteiger partial charge in [-0.05, 0) is 31.0 Å². The van der Waals surface area contributed by atoms with Gasteiger partial charge in [0, 0.05) is 5.02 Å². The number of hydrogen-bond donors (Lipinski definition) is 0. The highest BCUT2D eigenvalue weighted by molar-refractivity contribution is 6.35. The summed E-state index contributed by atoms with van der Waals surface area (Å²) >= 11 is 12.0. The van der Waals surface area contributed by atoms with Gasteiger partial charge < -0.3 is 4.90 Å². The second-order valence-electron chi connectivity index (χ2n) is 4.94. The van der Waals surface area contributed by atoms with Crippen LogP contribution in [0.1, 0.15) is 12.1 Å². The Morgan fingerprint density at radius 1 is 1.32 bits per heavy atom. The second-order valence-corrected chi connectivity index (χ2v) is 5.78. The molecule has 0 spiro atoms. The molecule has 1 aromatic heterocycles. The molecule has 22 heavy (non-hydrogen) atoms. The maximum absolute atomic E-state index is 13.0. The molecule has 0 saturated heterocycles. The van der Waals surface area contributed by atoms with Gasteiger partial charge in [-0.2, -0.15) is 5.10 Å². The largest absolute Gasteiger partial charge is 0.303 e. The number of alkyl halides is 2. The van der Waals surface area contributed by atoms with Crippen LogP contribution in [0.5, 0.6) is 0 Å². The first-order valence-electron chi connectivity index (χ1n) is 6.57. The van der Waals surface area contributed by atoms with Crippen LogP contribution in [0.15, 0.2) is 24.4 Å². The van der Waals surface area contributed by atoms with Crippen molar-refractivity contribution in [3.63, 3.8) is 0 Å². The number of carbonyl (C=O) groups excluding carboxylic acids is 1. The molecular weight excluding hydrogens is 335 g/mol. The zero-order valence-corrected chi connectivity index (χ0v) is 12.7. The van der Waals surface area contributed by atoms with Crippen molar-refractivity contribution in [3.8, 4) is 5.69 Å². The highest BCUT2D eigenvalue weighted by Gasteiger charge is 2.35. The van der Waals surface area contributed by atoms with E-state index >= 15 is 0 Å². The molecular formula is C14H11Cl2F2N3O. The molecule has 1 atom stereocenters. The van der Waals surface area contributed by atoms with Crippen molar-refractivity contribution < 1.29 is 13.6 Å². The van der Waals surface area contributed by atoms with E-state index in [2.05, 4.69) is 5.10 Å². The lowest BCUT2D eigenvalue weighted by molar-refractivity contribution is -0.108. The number of halogens is 4. The molecule has 0 aliphatic carbocycles. The lowest BCUT2D eigenvalue weighted by Crippen LogP contribution is -2.43. The maximum atomic E-state index is 13.0. The summed E-state index contributed by atoms with van der Waals surface area (Å²) in [4.78, 5) is 12.2. The number of carbonyl (C=O) groups is 1. The Balaban J connectivity index is 2.07. The number of nitrogens with zero attached hydrogens (tertiary/aromatic N) is 3. The molecule has 0 fully saturated rings. The fourth-order valence-corrected chi connectivity index (χ4v) is 3.15. The Bertz CT molecular complexity index is 720. The van der Waals surface area contributed by atoms with E-state index in [9.17, 15) is 13.6 Å². The Morgan fingerprint density at radius 3 is 2.73 bits per heavy atom. The second kappa shape index (κ2) is 5.85. The monoisotopic (exact) mass is 345 g/mol. The smallest absolute Gasteiger partial charge is 0.259 e. The summed E-state index contributed by atoms with van der Waals surface area (Å²) < 4.78 is 27.6. The van der Waals surface area contributed by atoms with Crippen LogP contribution in [0.25, 0.3) is 5.69 Å². The van der Waals surface area contributed by atoms with E-state index in [1.807, 2.05) is 0 Å². The molecule has 1 aliphatic rings. The molecule has 0 saturated carbocycles. The fourth-order valence-electron chi connectivity index (χ4n) is 2.66. The van der Waals surface area contributed by atoms with E-state index in [1.54, 1.807) is 22.9 Å². The van der Waals surface area contributed by atoms with Gasteiger partial charge in [-0.25, -0.2) is 13.5 Å². The summed E-state index contributed by atoms with van der Waals surface area (Å²) in [5, 5.41) is 5.08. The summed E-state index contributed by atoms with van der Waals surface area (Å²) in [5.74, 6) is 0. The number of hydrogen-bond acceptors (Lipinski definition) is 2. The fraction of sp³-hybridized carbons (Fsp3) is 0.286. The van der Waals surface area contributed by atoms with Crippen LogP contribution in [0.4, 0.5) is 14.5 Å². The van der Waals surface area contributed by atoms with Crippen LogP contribution < -0.4 is 4.90 Å². The van der Waals surface area contributed by atoms with Gasteiger partial charge in [0.1, 0.15) is 0 Å². The minimum atomic E-state index is -2.60. The highest BCUT2D eigenvalue weighted by Crippen LogP contribution is 2.35. The Morgan fingerprint density at radius 2 is 2.09 bits per heavy atom. The maximum Gasteiger partial charge on any atom is 0.259 e. The third-order valence-corrected chi connectivity index (χ3v) is 4.24. The van der Waals surface area contributed by atoms with Gasteiger partial charge in [-0.3, -0.25) is 4.79 Å². The molecule has 0 N–H and O–H groups in total. The zero-order chi connectivity index (χ0) is 15.9. The van der Waals surface area contributed by atoms with Gasteiger partial charge in [0.05, 0.1) is 34.3 Å². The molecule has 116 valence electrons. The Labute approximate surface area is 135 Å². The highest BCUT2D eigenvalue weighted by atomic mass is 35.5. The average Bonchev–Trinajstić information content (AvgIpc) is 2.90. The van der Waals surface area contributed by atoms with Gasteiger partial charge in [-0.1, -0.05) is 23.2 Å². The summed E-state index contributed by atoms with van der Waals surface area (Å²) in [5.41, 5.74) is 1.65. The van der Waals surface area contributed by atoms with Crippen LogP contribution in [-0.4, -0.2) is 28.7 Å². The van der Waals surface area contributed by atoms with E-state index < -0.39 is 12.5 Å². The third-order valence-electron chi connectivity index (χ3n) is 3.70. The van der Waals surface area contributed by atoms with Gasteiger partial charge >= 0.3 is 0 Å². The van der Waals surface area contributed by atoms with E-state index in [1.165, 1.54) is 6.20 Å².